The molecule has 5 heteroatoms. The summed E-state index contributed by atoms with van der Waals surface area (Å²) in [4.78, 5) is 23.9. The molecule has 5 rings (SSSR count). The van der Waals surface area contributed by atoms with Gasteiger partial charge >= 0.3 is 5.97 Å². The maximum absolute atomic E-state index is 12.4. The molecule has 1 aliphatic heterocycles. The first-order chi connectivity index (χ1) is 11.0. The molecule has 2 atom stereocenters. The summed E-state index contributed by atoms with van der Waals surface area (Å²) in [5, 5.41) is 12.7. The highest BCUT2D eigenvalue weighted by molar-refractivity contribution is 5.78. The number of fused-ring (bicyclic) bond motifs is 3. The highest BCUT2D eigenvalue weighted by atomic mass is 16.5. The normalized spacial score (nSPS) is 42.6. The Bertz CT molecular complexity index is 489. The second kappa shape index (κ2) is 5.47. The van der Waals surface area contributed by atoms with Crippen LogP contribution in [0.3, 0.4) is 0 Å². The van der Waals surface area contributed by atoms with Gasteiger partial charge in [0.25, 0.3) is 0 Å². The van der Waals surface area contributed by atoms with E-state index in [-0.39, 0.29) is 17.6 Å². The summed E-state index contributed by atoms with van der Waals surface area (Å²) in [6.07, 6.45) is 10.2. The predicted molar refractivity (Wildman–Crippen MR) is 83.9 cm³/mol. The van der Waals surface area contributed by atoms with Gasteiger partial charge in [-0.25, -0.2) is 0 Å². The number of aliphatic carboxylic acids is 1. The number of ether oxygens (including phenoxy) is 1. The molecule has 0 aromatic rings. The van der Waals surface area contributed by atoms with Crippen molar-refractivity contribution in [2.75, 3.05) is 0 Å². The fourth-order valence-electron chi connectivity index (χ4n) is 4.95. The lowest BCUT2D eigenvalue weighted by atomic mass is 9.57. The van der Waals surface area contributed by atoms with Crippen LogP contribution in [0.2, 0.25) is 0 Å². The third kappa shape index (κ3) is 2.88. The molecule has 1 saturated heterocycles. The smallest absolute Gasteiger partial charge is 0.309 e. The Morgan fingerprint density at radius 1 is 1.00 bits per heavy atom. The number of hydrogen-bond donors (Lipinski definition) is 2. The zero-order valence-corrected chi connectivity index (χ0v) is 13.7. The van der Waals surface area contributed by atoms with Crippen molar-refractivity contribution in [2.45, 2.75) is 88.4 Å². The van der Waals surface area contributed by atoms with Crippen LogP contribution in [0.5, 0.6) is 0 Å². The van der Waals surface area contributed by atoms with Crippen LogP contribution in [0.25, 0.3) is 0 Å². The number of carboxylic acid groups (broad SMARTS) is 1. The molecule has 1 amide bonds. The zero-order chi connectivity index (χ0) is 16.1. The Labute approximate surface area is 137 Å². The summed E-state index contributed by atoms with van der Waals surface area (Å²) in [5.41, 5.74) is -0.665. The second-order valence-corrected chi connectivity index (χ2v) is 8.33. The van der Waals surface area contributed by atoms with E-state index in [1.807, 2.05) is 0 Å². The van der Waals surface area contributed by atoms with E-state index in [2.05, 4.69) is 5.32 Å². The molecule has 2 N–H and O–H groups in total. The SMILES string of the molecule is O=C(CC1CCC(C2CC2)O1)NC12CCC(C(=O)O)(CC1)CC2. The van der Waals surface area contributed by atoms with Crippen LogP contribution in [-0.2, 0) is 14.3 Å². The lowest BCUT2D eigenvalue weighted by Crippen LogP contribution is -2.58. The van der Waals surface area contributed by atoms with Gasteiger partial charge in [-0.3, -0.25) is 9.59 Å². The highest BCUT2D eigenvalue weighted by Gasteiger charge is 2.53. The van der Waals surface area contributed by atoms with Crippen LogP contribution >= 0.6 is 0 Å². The summed E-state index contributed by atoms with van der Waals surface area (Å²) in [6, 6.07) is 0. The molecule has 2 unspecified atom stereocenters. The number of amides is 1. The van der Waals surface area contributed by atoms with Crippen molar-refractivity contribution >= 4 is 11.9 Å². The Kier molecular flexibility index (Phi) is 3.67. The minimum absolute atomic E-state index is 0.0855. The molecule has 0 radical (unpaired) electrons. The van der Waals surface area contributed by atoms with Crippen molar-refractivity contribution < 1.29 is 19.4 Å². The number of nitrogens with one attached hydrogen (secondary N) is 1. The van der Waals surface area contributed by atoms with Crippen LogP contribution in [0.4, 0.5) is 0 Å². The first-order valence-corrected chi connectivity index (χ1v) is 9.20. The van der Waals surface area contributed by atoms with Crippen molar-refractivity contribution in [1.82, 2.24) is 5.32 Å². The fourth-order valence-corrected chi connectivity index (χ4v) is 4.95. The fraction of sp³-hybridized carbons (Fsp3) is 0.889. The van der Waals surface area contributed by atoms with E-state index in [0.29, 0.717) is 31.8 Å². The summed E-state index contributed by atoms with van der Waals surface area (Å²) < 4.78 is 6.03. The predicted octanol–water partition coefficient (Wildman–Crippen LogP) is 2.63. The first kappa shape index (κ1) is 15.4. The molecule has 4 aliphatic carbocycles. The largest absolute Gasteiger partial charge is 0.481 e. The van der Waals surface area contributed by atoms with Crippen molar-refractivity contribution in [3.8, 4) is 0 Å². The van der Waals surface area contributed by atoms with E-state index >= 15 is 0 Å². The monoisotopic (exact) mass is 321 g/mol. The van der Waals surface area contributed by atoms with Gasteiger partial charge in [-0.2, -0.15) is 0 Å². The zero-order valence-electron chi connectivity index (χ0n) is 13.7. The highest BCUT2D eigenvalue weighted by Crippen LogP contribution is 2.52. The van der Waals surface area contributed by atoms with Gasteiger partial charge in [0, 0.05) is 5.54 Å². The summed E-state index contributed by atoms with van der Waals surface area (Å²) in [6.45, 7) is 0. The maximum Gasteiger partial charge on any atom is 0.309 e. The Morgan fingerprint density at radius 3 is 2.22 bits per heavy atom. The van der Waals surface area contributed by atoms with Crippen molar-refractivity contribution in [2.24, 2.45) is 11.3 Å². The number of hydrogen-bond acceptors (Lipinski definition) is 3. The van der Waals surface area contributed by atoms with Crippen molar-refractivity contribution in [1.29, 1.82) is 0 Å². The van der Waals surface area contributed by atoms with Crippen LogP contribution in [0, 0.1) is 11.3 Å². The Balaban J connectivity index is 1.29. The number of rotatable bonds is 5. The third-order valence-corrected chi connectivity index (χ3v) is 6.81. The number of carbonyl (C=O) groups excluding carboxylic acids is 1. The number of carboxylic acids is 1. The van der Waals surface area contributed by atoms with Gasteiger partial charge in [0.05, 0.1) is 24.0 Å². The van der Waals surface area contributed by atoms with E-state index in [1.165, 1.54) is 12.8 Å². The van der Waals surface area contributed by atoms with E-state index in [9.17, 15) is 14.7 Å². The standard InChI is InChI=1S/C18H27NO4/c20-15(11-13-3-4-14(23-13)12-1-2-12)19-18-8-5-17(6-9-18,7-10-18)16(21)22/h12-14H,1-11H2,(H,19,20)(H,21,22). The van der Waals surface area contributed by atoms with E-state index in [1.54, 1.807) is 0 Å². The van der Waals surface area contributed by atoms with Gasteiger partial charge in [0.15, 0.2) is 0 Å². The molecule has 2 bridgehead atoms. The number of carbonyl (C=O) groups is 2. The van der Waals surface area contributed by atoms with Gasteiger partial charge in [0.2, 0.25) is 5.91 Å². The Hall–Kier alpha value is -1.10. The average molecular weight is 321 g/mol. The van der Waals surface area contributed by atoms with E-state index < -0.39 is 11.4 Å². The average Bonchev–Trinajstić information content (AvgIpc) is 3.29. The van der Waals surface area contributed by atoms with Crippen molar-refractivity contribution in [3.05, 3.63) is 0 Å². The molecule has 5 fully saturated rings. The second-order valence-electron chi connectivity index (χ2n) is 8.33. The van der Waals surface area contributed by atoms with Gasteiger partial charge < -0.3 is 15.2 Å². The molecule has 0 aromatic carbocycles. The quantitative estimate of drug-likeness (QED) is 0.816. The molecule has 1 heterocycles. The molecular formula is C18H27NO4. The maximum atomic E-state index is 12.4. The summed E-state index contributed by atoms with van der Waals surface area (Å²) in [7, 11) is 0. The minimum atomic E-state index is -0.650. The lowest BCUT2D eigenvalue weighted by molar-refractivity contribution is -0.157. The van der Waals surface area contributed by atoms with Gasteiger partial charge in [-0.15, -0.1) is 0 Å². The molecule has 5 aliphatic rings. The topological polar surface area (TPSA) is 75.6 Å². The van der Waals surface area contributed by atoms with Crippen LogP contribution in [0.1, 0.15) is 70.6 Å². The molecule has 23 heavy (non-hydrogen) atoms. The third-order valence-electron chi connectivity index (χ3n) is 6.81. The Morgan fingerprint density at radius 2 is 1.65 bits per heavy atom. The molecular weight excluding hydrogens is 294 g/mol. The van der Waals surface area contributed by atoms with Crippen molar-refractivity contribution in [3.63, 3.8) is 0 Å². The molecule has 0 aromatic heterocycles. The van der Waals surface area contributed by atoms with Gasteiger partial charge in [-0.05, 0) is 70.1 Å². The minimum Gasteiger partial charge on any atom is -0.481 e. The van der Waals surface area contributed by atoms with Gasteiger partial charge in [-0.1, -0.05) is 0 Å². The molecule has 4 saturated carbocycles. The van der Waals surface area contributed by atoms with Crippen LogP contribution in [-0.4, -0.2) is 34.7 Å². The first-order valence-electron chi connectivity index (χ1n) is 9.20. The van der Waals surface area contributed by atoms with Gasteiger partial charge in [0.1, 0.15) is 0 Å². The van der Waals surface area contributed by atoms with E-state index in [0.717, 1.165) is 38.0 Å². The van der Waals surface area contributed by atoms with Crippen LogP contribution in [0.15, 0.2) is 0 Å². The van der Waals surface area contributed by atoms with E-state index in [4.69, 9.17) is 4.74 Å². The summed E-state index contributed by atoms with van der Waals surface area (Å²) >= 11 is 0. The summed E-state index contributed by atoms with van der Waals surface area (Å²) in [5.74, 6) is 0.196. The lowest BCUT2D eigenvalue weighted by Gasteiger charge is -2.51. The molecule has 0 spiro atoms. The molecule has 128 valence electrons. The molecule has 5 nitrogen and oxygen atoms in total. The van der Waals surface area contributed by atoms with Crippen LogP contribution < -0.4 is 5.32 Å².